The van der Waals surface area contributed by atoms with Gasteiger partial charge in [0.25, 0.3) is 0 Å². The topological polar surface area (TPSA) is 38.8 Å². The number of likely N-dealkylation sites (tertiary alicyclic amines) is 1. The van der Waals surface area contributed by atoms with Crippen LogP contribution in [0.5, 0.6) is 0 Å². The van der Waals surface area contributed by atoms with E-state index in [1.54, 1.807) is 0 Å². The second-order valence-electron chi connectivity index (χ2n) is 4.46. The highest BCUT2D eigenvalue weighted by Crippen LogP contribution is 2.23. The summed E-state index contributed by atoms with van der Waals surface area (Å²) in [7, 11) is 3.05. The van der Waals surface area contributed by atoms with Gasteiger partial charge in [-0.3, -0.25) is 9.69 Å². The quantitative estimate of drug-likeness (QED) is 0.653. The number of ether oxygens (including phenoxy) is 2. The molecule has 15 heavy (non-hydrogen) atoms. The molecule has 0 aromatic carbocycles. The molecule has 0 amide bonds. The van der Waals surface area contributed by atoms with Crippen LogP contribution in [0, 0.1) is 5.92 Å². The monoisotopic (exact) mass is 215 g/mol. The summed E-state index contributed by atoms with van der Waals surface area (Å²) >= 11 is 0. The second-order valence-corrected chi connectivity index (χ2v) is 4.46. The molecule has 1 aliphatic rings. The first-order chi connectivity index (χ1) is 7.04. The van der Waals surface area contributed by atoms with Crippen molar-refractivity contribution in [1.29, 1.82) is 0 Å². The van der Waals surface area contributed by atoms with Crippen molar-refractivity contribution >= 4 is 5.78 Å². The maximum atomic E-state index is 11.9. The molecule has 0 atom stereocenters. The number of carbonyl (C=O) groups excluding carboxylic acids is 1. The van der Waals surface area contributed by atoms with E-state index in [2.05, 4.69) is 18.7 Å². The van der Waals surface area contributed by atoms with Crippen molar-refractivity contribution in [3.05, 3.63) is 0 Å². The average molecular weight is 215 g/mol. The Hall–Kier alpha value is -0.450. The van der Waals surface area contributed by atoms with Crippen molar-refractivity contribution in [3.63, 3.8) is 0 Å². The molecule has 4 nitrogen and oxygen atoms in total. The first kappa shape index (κ1) is 12.6. The van der Waals surface area contributed by atoms with Crippen LogP contribution in [0.25, 0.3) is 0 Å². The highest BCUT2D eigenvalue weighted by atomic mass is 16.7. The lowest BCUT2D eigenvalue weighted by atomic mass is 10.0. The molecule has 1 rings (SSSR count). The standard InChI is InChI=1S/C11H21NO3/c1-9(2)7-12-6-5-11(14-3,15-4)10(13)8-12/h9H,5-8H2,1-4H3. The number of piperidine rings is 1. The van der Waals surface area contributed by atoms with Crippen LogP contribution in [0.2, 0.25) is 0 Å². The van der Waals surface area contributed by atoms with Gasteiger partial charge in [-0.1, -0.05) is 13.8 Å². The summed E-state index contributed by atoms with van der Waals surface area (Å²) in [6.45, 7) is 6.54. The molecule has 1 aliphatic heterocycles. The second kappa shape index (κ2) is 5.05. The van der Waals surface area contributed by atoms with Gasteiger partial charge in [-0.25, -0.2) is 0 Å². The number of carbonyl (C=O) groups is 1. The minimum absolute atomic E-state index is 0.0272. The van der Waals surface area contributed by atoms with Crippen LogP contribution in [0.3, 0.4) is 0 Å². The molecule has 0 aromatic rings. The SMILES string of the molecule is COC1(OC)CCN(CC(C)C)CC1=O. The first-order valence-electron chi connectivity index (χ1n) is 5.40. The van der Waals surface area contributed by atoms with E-state index in [4.69, 9.17) is 9.47 Å². The normalized spacial score (nSPS) is 22.3. The molecule has 0 bridgehead atoms. The number of ketones is 1. The summed E-state index contributed by atoms with van der Waals surface area (Å²) in [5.74, 6) is -0.386. The van der Waals surface area contributed by atoms with Crippen LogP contribution in [0.15, 0.2) is 0 Å². The summed E-state index contributed by atoms with van der Waals surface area (Å²) in [6, 6.07) is 0. The zero-order valence-corrected chi connectivity index (χ0v) is 10.1. The first-order valence-corrected chi connectivity index (χ1v) is 5.40. The number of rotatable bonds is 4. The van der Waals surface area contributed by atoms with Crippen LogP contribution in [-0.2, 0) is 14.3 Å². The smallest absolute Gasteiger partial charge is 0.231 e. The predicted octanol–water partition coefficient (Wildman–Crippen LogP) is 0.906. The van der Waals surface area contributed by atoms with Crippen molar-refractivity contribution in [1.82, 2.24) is 4.90 Å². The van der Waals surface area contributed by atoms with Gasteiger partial charge in [0.2, 0.25) is 11.6 Å². The highest BCUT2D eigenvalue weighted by Gasteiger charge is 2.42. The van der Waals surface area contributed by atoms with Gasteiger partial charge < -0.3 is 9.47 Å². The summed E-state index contributed by atoms with van der Waals surface area (Å²) in [6.07, 6.45) is 0.617. The Balaban J connectivity index is 2.58. The molecule has 0 unspecified atom stereocenters. The van der Waals surface area contributed by atoms with Gasteiger partial charge in [0.1, 0.15) is 0 Å². The molecule has 4 heteroatoms. The van der Waals surface area contributed by atoms with Crippen molar-refractivity contribution < 1.29 is 14.3 Å². The molecule has 88 valence electrons. The van der Waals surface area contributed by atoms with Gasteiger partial charge in [0.05, 0.1) is 6.54 Å². The Labute approximate surface area is 91.5 Å². The van der Waals surface area contributed by atoms with Crippen molar-refractivity contribution in [2.75, 3.05) is 33.9 Å². The van der Waals surface area contributed by atoms with E-state index in [9.17, 15) is 4.79 Å². The zero-order chi connectivity index (χ0) is 11.5. The fourth-order valence-electron chi connectivity index (χ4n) is 2.03. The fourth-order valence-corrected chi connectivity index (χ4v) is 2.03. The van der Waals surface area contributed by atoms with E-state index in [-0.39, 0.29) is 5.78 Å². The lowest BCUT2D eigenvalue weighted by Gasteiger charge is -2.38. The Kier molecular flexibility index (Phi) is 4.25. The van der Waals surface area contributed by atoms with Gasteiger partial charge in [-0.15, -0.1) is 0 Å². The Bertz CT molecular complexity index is 224. The van der Waals surface area contributed by atoms with Crippen LogP contribution in [0.1, 0.15) is 20.3 Å². The molecule has 1 heterocycles. The number of methoxy groups -OCH3 is 2. The molecule has 0 aromatic heterocycles. The Morgan fingerprint density at radius 1 is 1.40 bits per heavy atom. The molecular weight excluding hydrogens is 194 g/mol. The van der Waals surface area contributed by atoms with Crippen LogP contribution in [-0.4, -0.2) is 50.3 Å². The summed E-state index contributed by atoms with van der Waals surface area (Å²) in [5, 5.41) is 0. The largest absolute Gasteiger partial charge is 0.347 e. The highest BCUT2D eigenvalue weighted by molar-refractivity contribution is 5.88. The average Bonchev–Trinajstić information content (AvgIpc) is 2.18. The lowest BCUT2D eigenvalue weighted by molar-refractivity contribution is -0.219. The van der Waals surface area contributed by atoms with Crippen molar-refractivity contribution in [3.8, 4) is 0 Å². The molecule has 0 spiro atoms. The number of hydrogen-bond acceptors (Lipinski definition) is 4. The van der Waals surface area contributed by atoms with Crippen molar-refractivity contribution in [2.45, 2.75) is 26.1 Å². The van der Waals surface area contributed by atoms with Gasteiger partial charge in [0, 0.05) is 33.7 Å². The van der Waals surface area contributed by atoms with Crippen molar-refractivity contribution in [2.24, 2.45) is 5.92 Å². The van der Waals surface area contributed by atoms with E-state index in [1.807, 2.05) is 0 Å². The van der Waals surface area contributed by atoms with Gasteiger partial charge in [-0.05, 0) is 5.92 Å². The van der Waals surface area contributed by atoms with Gasteiger partial charge in [-0.2, -0.15) is 0 Å². The van der Waals surface area contributed by atoms with E-state index in [1.165, 1.54) is 14.2 Å². The molecule has 0 aliphatic carbocycles. The third-order valence-electron chi connectivity index (χ3n) is 2.83. The number of nitrogens with zero attached hydrogens (tertiary/aromatic N) is 1. The van der Waals surface area contributed by atoms with E-state index >= 15 is 0 Å². The predicted molar refractivity (Wildman–Crippen MR) is 57.7 cm³/mol. The minimum atomic E-state index is -0.993. The van der Waals surface area contributed by atoms with E-state index in [0.717, 1.165) is 13.1 Å². The Morgan fingerprint density at radius 3 is 2.40 bits per heavy atom. The molecule has 0 radical (unpaired) electrons. The third kappa shape index (κ3) is 2.77. The van der Waals surface area contributed by atoms with Crippen LogP contribution >= 0.6 is 0 Å². The van der Waals surface area contributed by atoms with Gasteiger partial charge >= 0.3 is 0 Å². The summed E-state index contributed by atoms with van der Waals surface area (Å²) in [5.41, 5.74) is 0. The minimum Gasteiger partial charge on any atom is -0.347 e. The van der Waals surface area contributed by atoms with Gasteiger partial charge in [0.15, 0.2) is 0 Å². The molecule has 1 fully saturated rings. The zero-order valence-electron chi connectivity index (χ0n) is 10.1. The van der Waals surface area contributed by atoms with Crippen LogP contribution in [0.4, 0.5) is 0 Å². The van der Waals surface area contributed by atoms with E-state index < -0.39 is 5.79 Å². The summed E-state index contributed by atoms with van der Waals surface area (Å²) < 4.78 is 10.4. The molecule has 1 saturated heterocycles. The third-order valence-corrected chi connectivity index (χ3v) is 2.83. The number of Topliss-reactive ketones (excluding diaryl/α,β-unsaturated/α-hetero) is 1. The maximum Gasteiger partial charge on any atom is 0.231 e. The van der Waals surface area contributed by atoms with Crippen LogP contribution < -0.4 is 0 Å². The molecular formula is C11H21NO3. The number of hydrogen-bond donors (Lipinski definition) is 0. The van der Waals surface area contributed by atoms with E-state index in [0.29, 0.717) is 18.9 Å². The lowest BCUT2D eigenvalue weighted by Crippen LogP contribution is -2.55. The molecule has 0 saturated carbocycles. The molecule has 0 N–H and O–H groups in total. The fraction of sp³-hybridized carbons (Fsp3) is 0.909. The maximum absolute atomic E-state index is 11.9. The Morgan fingerprint density at radius 2 is 2.00 bits per heavy atom. The summed E-state index contributed by atoms with van der Waals surface area (Å²) in [4.78, 5) is 14.0.